The van der Waals surface area contributed by atoms with Crippen molar-refractivity contribution in [1.82, 2.24) is 14.7 Å². The van der Waals surface area contributed by atoms with Crippen LogP contribution in [0, 0.1) is 0 Å². The Labute approximate surface area is 121 Å². The number of halogens is 1. The Morgan fingerprint density at radius 2 is 2.05 bits per heavy atom. The van der Waals surface area contributed by atoms with E-state index >= 15 is 0 Å². The summed E-state index contributed by atoms with van der Waals surface area (Å²) in [6.45, 7) is 0.392. The molecule has 3 aromatic rings. The van der Waals surface area contributed by atoms with Crippen molar-refractivity contribution in [3.63, 3.8) is 0 Å². The standard InChI is InChI=1S/C15H12ClN3O/c16-12-5-2-1-4-11(12)10-18-15(20)13-6-3-7-14-17-8-9-19(13)14/h1-9H,10H2,(H,18,20). The highest BCUT2D eigenvalue weighted by molar-refractivity contribution is 6.31. The first-order valence-electron chi connectivity index (χ1n) is 6.19. The van der Waals surface area contributed by atoms with Gasteiger partial charge in [0.25, 0.3) is 5.91 Å². The maximum absolute atomic E-state index is 12.2. The fourth-order valence-electron chi connectivity index (χ4n) is 2.04. The van der Waals surface area contributed by atoms with Gasteiger partial charge < -0.3 is 5.32 Å². The second-order valence-corrected chi connectivity index (χ2v) is 4.75. The molecule has 0 saturated heterocycles. The topological polar surface area (TPSA) is 46.4 Å². The second-order valence-electron chi connectivity index (χ2n) is 4.34. The van der Waals surface area contributed by atoms with E-state index in [1.54, 1.807) is 28.9 Å². The summed E-state index contributed by atoms with van der Waals surface area (Å²) in [5.74, 6) is -0.159. The number of benzene rings is 1. The van der Waals surface area contributed by atoms with Gasteiger partial charge in [0.1, 0.15) is 11.3 Å². The molecule has 20 heavy (non-hydrogen) atoms. The summed E-state index contributed by atoms with van der Waals surface area (Å²) in [6.07, 6.45) is 3.43. The molecule has 0 bridgehead atoms. The van der Waals surface area contributed by atoms with Crippen LogP contribution in [0.1, 0.15) is 16.1 Å². The van der Waals surface area contributed by atoms with E-state index < -0.39 is 0 Å². The van der Waals surface area contributed by atoms with E-state index in [0.29, 0.717) is 17.3 Å². The third-order valence-electron chi connectivity index (χ3n) is 3.06. The first-order chi connectivity index (χ1) is 9.75. The van der Waals surface area contributed by atoms with Crippen LogP contribution in [0.2, 0.25) is 5.02 Å². The lowest BCUT2D eigenvalue weighted by molar-refractivity contribution is 0.0944. The summed E-state index contributed by atoms with van der Waals surface area (Å²) >= 11 is 6.06. The van der Waals surface area contributed by atoms with Crippen molar-refractivity contribution in [2.45, 2.75) is 6.54 Å². The third kappa shape index (κ3) is 2.38. The monoisotopic (exact) mass is 285 g/mol. The van der Waals surface area contributed by atoms with Crippen LogP contribution >= 0.6 is 11.6 Å². The maximum Gasteiger partial charge on any atom is 0.268 e. The summed E-state index contributed by atoms with van der Waals surface area (Å²) in [4.78, 5) is 16.4. The Hall–Kier alpha value is -2.33. The zero-order valence-corrected chi connectivity index (χ0v) is 11.3. The zero-order valence-electron chi connectivity index (χ0n) is 10.6. The number of pyridine rings is 1. The maximum atomic E-state index is 12.2. The Morgan fingerprint density at radius 1 is 1.20 bits per heavy atom. The molecule has 0 unspecified atom stereocenters. The van der Waals surface area contributed by atoms with E-state index in [4.69, 9.17) is 11.6 Å². The lowest BCUT2D eigenvalue weighted by atomic mass is 10.2. The summed E-state index contributed by atoms with van der Waals surface area (Å²) in [5.41, 5.74) is 2.18. The minimum atomic E-state index is -0.159. The molecule has 0 saturated carbocycles. The Morgan fingerprint density at radius 3 is 2.90 bits per heavy atom. The van der Waals surface area contributed by atoms with Crippen LogP contribution in [-0.4, -0.2) is 15.3 Å². The van der Waals surface area contributed by atoms with Gasteiger partial charge in [-0.3, -0.25) is 9.20 Å². The molecule has 2 aromatic heterocycles. The predicted octanol–water partition coefficient (Wildman–Crippen LogP) is 2.92. The van der Waals surface area contributed by atoms with Gasteiger partial charge in [0.05, 0.1) is 0 Å². The molecule has 100 valence electrons. The number of amides is 1. The van der Waals surface area contributed by atoms with E-state index in [2.05, 4.69) is 10.3 Å². The number of nitrogens with one attached hydrogen (secondary N) is 1. The molecule has 1 amide bonds. The summed E-state index contributed by atoms with van der Waals surface area (Å²) in [5, 5.41) is 3.51. The molecule has 0 fully saturated rings. The number of hydrogen-bond donors (Lipinski definition) is 1. The van der Waals surface area contributed by atoms with Crippen LogP contribution in [0.4, 0.5) is 0 Å². The molecule has 1 aromatic carbocycles. The van der Waals surface area contributed by atoms with Crippen molar-refractivity contribution in [1.29, 1.82) is 0 Å². The van der Waals surface area contributed by atoms with Crippen molar-refractivity contribution in [3.05, 3.63) is 71.1 Å². The molecule has 0 aliphatic heterocycles. The highest BCUT2D eigenvalue weighted by Crippen LogP contribution is 2.14. The van der Waals surface area contributed by atoms with Crippen LogP contribution in [0.15, 0.2) is 54.9 Å². The Kier molecular flexibility index (Phi) is 3.39. The highest BCUT2D eigenvalue weighted by Gasteiger charge is 2.10. The molecule has 0 aliphatic carbocycles. The normalized spacial score (nSPS) is 10.7. The lowest BCUT2D eigenvalue weighted by Crippen LogP contribution is -2.24. The minimum absolute atomic E-state index is 0.159. The van der Waals surface area contributed by atoms with Gasteiger partial charge >= 0.3 is 0 Å². The Balaban J connectivity index is 1.80. The smallest absolute Gasteiger partial charge is 0.268 e. The van der Waals surface area contributed by atoms with Crippen molar-refractivity contribution < 1.29 is 4.79 Å². The SMILES string of the molecule is O=C(NCc1ccccc1Cl)c1cccc2nccn12. The van der Waals surface area contributed by atoms with Gasteiger partial charge in [0, 0.05) is 24.0 Å². The van der Waals surface area contributed by atoms with Gasteiger partial charge in [-0.1, -0.05) is 35.9 Å². The number of fused-ring (bicyclic) bond motifs is 1. The number of carbonyl (C=O) groups is 1. The second kappa shape index (κ2) is 5.35. The molecule has 4 nitrogen and oxygen atoms in total. The van der Waals surface area contributed by atoms with Gasteiger partial charge in [0.15, 0.2) is 0 Å². The summed E-state index contributed by atoms with van der Waals surface area (Å²) in [7, 11) is 0. The summed E-state index contributed by atoms with van der Waals surface area (Å²) < 4.78 is 1.75. The number of imidazole rings is 1. The molecule has 0 radical (unpaired) electrons. The lowest BCUT2D eigenvalue weighted by Gasteiger charge is -2.08. The molecule has 3 rings (SSSR count). The first-order valence-corrected chi connectivity index (χ1v) is 6.57. The van der Waals surface area contributed by atoms with Gasteiger partial charge in [-0.25, -0.2) is 4.98 Å². The van der Waals surface area contributed by atoms with Gasteiger partial charge in [-0.2, -0.15) is 0 Å². The average Bonchev–Trinajstić information content (AvgIpc) is 2.94. The molecule has 0 spiro atoms. The average molecular weight is 286 g/mol. The van der Waals surface area contributed by atoms with E-state index in [9.17, 15) is 4.79 Å². The fraction of sp³-hybridized carbons (Fsp3) is 0.0667. The van der Waals surface area contributed by atoms with E-state index in [-0.39, 0.29) is 5.91 Å². The molecule has 0 aliphatic rings. The first kappa shape index (κ1) is 12.7. The molecular formula is C15H12ClN3O. The molecule has 0 atom stereocenters. The number of carbonyl (C=O) groups excluding carboxylic acids is 1. The van der Waals surface area contributed by atoms with Crippen LogP contribution in [0.25, 0.3) is 5.65 Å². The van der Waals surface area contributed by atoms with E-state index in [1.807, 2.05) is 30.3 Å². The Bertz CT molecular complexity index is 766. The van der Waals surface area contributed by atoms with Crippen molar-refractivity contribution in [2.24, 2.45) is 0 Å². The fourth-order valence-corrected chi connectivity index (χ4v) is 2.24. The van der Waals surface area contributed by atoms with Crippen molar-refractivity contribution in [2.75, 3.05) is 0 Å². The largest absolute Gasteiger partial charge is 0.347 e. The third-order valence-corrected chi connectivity index (χ3v) is 3.43. The molecular weight excluding hydrogens is 274 g/mol. The van der Waals surface area contributed by atoms with Crippen LogP contribution in [0.3, 0.4) is 0 Å². The quantitative estimate of drug-likeness (QED) is 0.804. The van der Waals surface area contributed by atoms with Gasteiger partial charge in [-0.15, -0.1) is 0 Å². The van der Waals surface area contributed by atoms with E-state index in [1.165, 1.54) is 0 Å². The summed E-state index contributed by atoms with van der Waals surface area (Å²) in [6, 6.07) is 12.9. The molecule has 5 heteroatoms. The van der Waals surface area contributed by atoms with Crippen LogP contribution < -0.4 is 5.32 Å². The number of hydrogen-bond acceptors (Lipinski definition) is 2. The molecule has 2 heterocycles. The number of nitrogens with zero attached hydrogens (tertiary/aromatic N) is 2. The molecule has 1 N–H and O–H groups in total. The zero-order chi connectivity index (χ0) is 13.9. The predicted molar refractivity (Wildman–Crippen MR) is 77.8 cm³/mol. The van der Waals surface area contributed by atoms with Gasteiger partial charge in [-0.05, 0) is 23.8 Å². The number of rotatable bonds is 3. The number of aromatic nitrogens is 2. The van der Waals surface area contributed by atoms with Gasteiger partial charge in [0.2, 0.25) is 0 Å². The van der Waals surface area contributed by atoms with E-state index in [0.717, 1.165) is 11.2 Å². The van der Waals surface area contributed by atoms with Crippen molar-refractivity contribution >= 4 is 23.2 Å². The van der Waals surface area contributed by atoms with Crippen molar-refractivity contribution in [3.8, 4) is 0 Å². The van der Waals surface area contributed by atoms with Crippen LogP contribution in [-0.2, 0) is 6.54 Å². The highest BCUT2D eigenvalue weighted by atomic mass is 35.5. The van der Waals surface area contributed by atoms with Crippen LogP contribution in [0.5, 0.6) is 0 Å². The minimum Gasteiger partial charge on any atom is -0.347 e.